The number of nitrogens with one attached hydrogen (secondary N) is 1. The molecule has 0 aromatic carbocycles. The fraction of sp³-hybridized carbons (Fsp3) is 0.611. The van der Waals surface area contributed by atoms with E-state index in [0.29, 0.717) is 23.9 Å². The zero-order valence-corrected chi connectivity index (χ0v) is 14.4. The summed E-state index contributed by atoms with van der Waals surface area (Å²) >= 11 is 0. The Balaban J connectivity index is 1.63. The third kappa shape index (κ3) is 2.44. The first-order valence-corrected chi connectivity index (χ1v) is 8.76. The first kappa shape index (κ1) is 15.4. The van der Waals surface area contributed by atoms with E-state index in [1.54, 1.807) is 6.33 Å². The van der Waals surface area contributed by atoms with Crippen molar-refractivity contribution < 1.29 is 0 Å². The average molecular weight is 324 g/mol. The van der Waals surface area contributed by atoms with E-state index in [1.165, 1.54) is 19.3 Å². The SMILES string of the molecule is CC(CC#N)N1CCC2(CC2)C(N(C)c2ncnc3[nH]ccc23)C1. The maximum absolute atomic E-state index is 9.02. The van der Waals surface area contributed by atoms with E-state index in [9.17, 15) is 0 Å². The lowest BCUT2D eigenvalue weighted by Crippen LogP contribution is -2.55. The van der Waals surface area contributed by atoms with Gasteiger partial charge >= 0.3 is 0 Å². The molecule has 1 aliphatic carbocycles. The van der Waals surface area contributed by atoms with Crippen molar-refractivity contribution in [2.45, 2.75) is 44.7 Å². The van der Waals surface area contributed by atoms with Crippen LogP contribution in [0, 0.1) is 16.7 Å². The van der Waals surface area contributed by atoms with Gasteiger partial charge in [-0.3, -0.25) is 4.90 Å². The van der Waals surface area contributed by atoms with Crippen LogP contribution in [0.3, 0.4) is 0 Å². The zero-order chi connectivity index (χ0) is 16.7. The number of aromatic amines is 1. The predicted molar refractivity (Wildman–Crippen MR) is 93.6 cm³/mol. The molecule has 0 amide bonds. The van der Waals surface area contributed by atoms with Crippen LogP contribution in [0.15, 0.2) is 18.6 Å². The first-order chi connectivity index (χ1) is 11.6. The van der Waals surface area contributed by atoms with Gasteiger partial charge in [0, 0.05) is 31.9 Å². The van der Waals surface area contributed by atoms with E-state index in [-0.39, 0.29) is 0 Å². The smallest absolute Gasteiger partial charge is 0.142 e. The quantitative estimate of drug-likeness (QED) is 0.936. The molecule has 126 valence electrons. The van der Waals surface area contributed by atoms with Crippen molar-refractivity contribution in [3.05, 3.63) is 18.6 Å². The Morgan fingerprint density at radius 1 is 1.46 bits per heavy atom. The van der Waals surface area contributed by atoms with E-state index in [0.717, 1.165) is 29.9 Å². The Morgan fingerprint density at radius 2 is 2.29 bits per heavy atom. The van der Waals surface area contributed by atoms with E-state index in [4.69, 9.17) is 5.26 Å². The third-order valence-electron chi connectivity index (χ3n) is 6.05. The minimum Gasteiger partial charge on any atom is -0.354 e. The summed E-state index contributed by atoms with van der Waals surface area (Å²) in [6.45, 7) is 4.28. The summed E-state index contributed by atoms with van der Waals surface area (Å²) in [4.78, 5) is 16.9. The van der Waals surface area contributed by atoms with Crippen molar-refractivity contribution >= 4 is 16.9 Å². The minimum absolute atomic E-state index is 0.319. The summed E-state index contributed by atoms with van der Waals surface area (Å²) in [7, 11) is 2.16. The number of likely N-dealkylation sites (tertiary alicyclic amines) is 1. The highest BCUT2D eigenvalue weighted by atomic mass is 15.3. The van der Waals surface area contributed by atoms with Crippen LogP contribution in [0.1, 0.15) is 32.6 Å². The molecular weight excluding hydrogens is 300 g/mol. The number of nitriles is 1. The molecule has 2 aliphatic rings. The van der Waals surface area contributed by atoms with Gasteiger partial charge in [-0.25, -0.2) is 9.97 Å². The van der Waals surface area contributed by atoms with Gasteiger partial charge in [0.1, 0.15) is 17.8 Å². The van der Waals surface area contributed by atoms with E-state index in [2.05, 4.69) is 50.9 Å². The van der Waals surface area contributed by atoms with Crippen molar-refractivity contribution in [3.8, 4) is 6.07 Å². The molecule has 2 aromatic rings. The van der Waals surface area contributed by atoms with Crippen LogP contribution in [0.4, 0.5) is 5.82 Å². The topological polar surface area (TPSA) is 71.8 Å². The van der Waals surface area contributed by atoms with Crippen LogP contribution in [-0.2, 0) is 0 Å². The number of hydrogen-bond donors (Lipinski definition) is 1. The van der Waals surface area contributed by atoms with Crippen LogP contribution in [0.25, 0.3) is 11.0 Å². The molecule has 3 heterocycles. The lowest BCUT2D eigenvalue weighted by Gasteiger charge is -2.45. The van der Waals surface area contributed by atoms with E-state index >= 15 is 0 Å². The van der Waals surface area contributed by atoms with E-state index < -0.39 is 0 Å². The highest BCUT2D eigenvalue weighted by Gasteiger charge is 2.54. The molecule has 1 N–H and O–H groups in total. The highest BCUT2D eigenvalue weighted by Crippen LogP contribution is 2.56. The Morgan fingerprint density at radius 3 is 3.04 bits per heavy atom. The van der Waals surface area contributed by atoms with Crippen molar-refractivity contribution in [2.24, 2.45) is 5.41 Å². The second kappa shape index (κ2) is 5.75. The molecule has 6 nitrogen and oxygen atoms in total. The molecular formula is C18H24N6. The summed E-state index contributed by atoms with van der Waals surface area (Å²) in [6.07, 6.45) is 8.00. The Kier molecular flexibility index (Phi) is 3.69. The number of hydrogen-bond acceptors (Lipinski definition) is 5. The molecule has 2 aromatic heterocycles. The van der Waals surface area contributed by atoms with Crippen LogP contribution in [0.5, 0.6) is 0 Å². The fourth-order valence-corrected chi connectivity index (χ4v) is 4.27. The van der Waals surface area contributed by atoms with E-state index in [1.807, 2.05) is 6.20 Å². The third-order valence-corrected chi connectivity index (χ3v) is 6.05. The Bertz CT molecular complexity index is 771. The van der Waals surface area contributed by atoms with Crippen LogP contribution >= 0.6 is 0 Å². The number of fused-ring (bicyclic) bond motifs is 1. The van der Waals surface area contributed by atoms with Crippen LogP contribution in [-0.4, -0.2) is 52.1 Å². The maximum Gasteiger partial charge on any atom is 0.142 e. The second-order valence-electron chi connectivity index (χ2n) is 7.38. The van der Waals surface area contributed by atoms with Gasteiger partial charge in [0.25, 0.3) is 0 Å². The maximum atomic E-state index is 9.02. The lowest BCUT2D eigenvalue weighted by atomic mass is 9.86. The van der Waals surface area contributed by atoms with Gasteiger partial charge in [0.05, 0.1) is 17.9 Å². The molecule has 2 fully saturated rings. The molecule has 1 saturated heterocycles. The number of H-pyrrole nitrogens is 1. The molecule has 24 heavy (non-hydrogen) atoms. The van der Waals surface area contributed by atoms with Gasteiger partial charge < -0.3 is 9.88 Å². The van der Waals surface area contributed by atoms with Gasteiger partial charge in [-0.1, -0.05) is 0 Å². The molecule has 2 unspecified atom stereocenters. The van der Waals surface area contributed by atoms with Gasteiger partial charge in [-0.15, -0.1) is 0 Å². The summed E-state index contributed by atoms with van der Waals surface area (Å²) in [5.74, 6) is 1.01. The zero-order valence-electron chi connectivity index (χ0n) is 14.4. The van der Waals surface area contributed by atoms with Gasteiger partial charge in [-0.2, -0.15) is 5.26 Å². The normalized spacial score (nSPS) is 24.0. The lowest BCUT2D eigenvalue weighted by molar-refractivity contribution is 0.110. The summed E-state index contributed by atoms with van der Waals surface area (Å²) in [6, 6.07) is 5.14. The number of likely N-dealkylation sites (N-methyl/N-ethyl adjacent to an activating group) is 1. The van der Waals surface area contributed by atoms with Crippen molar-refractivity contribution in [3.63, 3.8) is 0 Å². The second-order valence-corrected chi connectivity index (χ2v) is 7.38. The van der Waals surface area contributed by atoms with Crippen molar-refractivity contribution in [2.75, 3.05) is 25.0 Å². The number of rotatable bonds is 4. The number of nitrogens with zero attached hydrogens (tertiary/aromatic N) is 5. The molecule has 1 spiro atoms. The molecule has 1 saturated carbocycles. The molecule has 4 rings (SSSR count). The molecule has 0 radical (unpaired) electrons. The van der Waals surface area contributed by atoms with Crippen molar-refractivity contribution in [1.29, 1.82) is 5.26 Å². The van der Waals surface area contributed by atoms with Gasteiger partial charge in [-0.05, 0) is 44.2 Å². The Hall–Kier alpha value is -2.13. The summed E-state index contributed by atoms with van der Waals surface area (Å²) in [5.41, 5.74) is 1.33. The molecule has 1 aliphatic heterocycles. The highest BCUT2D eigenvalue weighted by molar-refractivity contribution is 5.87. The fourth-order valence-electron chi connectivity index (χ4n) is 4.27. The summed E-state index contributed by atoms with van der Waals surface area (Å²) in [5, 5.41) is 10.1. The van der Waals surface area contributed by atoms with Crippen molar-refractivity contribution in [1.82, 2.24) is 19.9 Å². The van der Waals surface area contributed by atoms with Gasteiger partial charge in [0.15, 0.2) is 0 Å². The minimum atomic E-state index is 0.319. The monoisotopic (exact) mass is 324 g/mol. The summed E-state index contributed by atoms with van der Waals surface area (Å²) < 4.78 is 0. The predicted octanol–water partition coefficient (Wildman–Crippen LogP) is 2.55. The van der Waals surface area contributed by atoms with Crippen LogP contribution < -0.4 is 4.90 Å². The number of aromatic nitrogens is 3. The Labute approximate surface area is 142 Å². The number of anilines is 1. The largest absolute Gasteiger partial charge is 0.354 e. The standard InChI is InChI=1S/C18H24N6/c1-13(3-8-19)24-10-7-18(5-6-18)15(11-24)23(2)17-14-4-9-20-16(14)21-12-22-17/h4,9,12-13,15H,3,5-7,10-11H2,1-2H3,(H,20,21,22). The molecule has 2 atom stereocenters. The van der Waals surface area contributed by atoms with Crippen LogP contribution in [0.2, 0.25) is 0 Å². The molecule has 0 bridgehead atoms. The molecule has 6 heteroatoms. The first-order valence-electron chi connectivity index (χ1n) is 8.76. The average Bonchev–Trinajstić information content (AvgIpc) is 3.19. The number of piperidine rings is 1. The van der Waals surface area contributed by atoms with Gasteiger partial charge in [0.2, 0.25) is 0 Å².